The number of ether oxygens (including phenoxy) is 1. The van der Waals surface area contributed by atoms with Gasteiger partial charge in [-0.05, 0) is 60.9 Å². The van der Waals surface area contributed by atoms with Crippen molar-refractivity contribution in [1.29, 1.82) is 0 Å². The second-order valence-electron chi connectivity index (χ2n) is 10.8. The predicted octanol–water partition coefficient (Wildman–Crippen LogP) is 3.18. The lowest BCUT2D eigenvalue weighted by Crippen LogP contribution is -2.47. The number of hydrogen-bond acceptors (Lipinski definition) is 6. The summed E-state index contributed by atoms with van der Waals surface area (Å²) in [7, 11) is 0. The highest BCUT2D eigenvalue weighted by atomic mass is 35.5. The van der Waals surface area contributed by atoms with Crippen molar-refractivity contribution in [3.05, 3.63) is 58.6 Å². The number of piperazine rings is 1. The summed E-state index contributed by atoms with van der Waals surface area (Å²) >= 11 is 6.25. The van der Waals surface area contributed by atoms with Crippen LogP contribution in [0.5, 0.6) is 5.75 Å². The van der Waals surface area contributed by atoms with Gasteiger partial charge in [-0.3, -0.25) is 9.59 Å². The largest absolute Gasteiger partial charge is 0.493 e. The smallest absolute Gasteiger partial charge is 0.236 e. The van der Waals surface area contributed by atoms with Crippen LogP contribution in [0.1, 0.15) is 36.8 Å². The summed E-state index contributed by atoms with van der Waals surface area (Å²) in [5.74, 6) is 1.56. The van der Waals surface area contributed by atoms with Crippen molar-refractivity contribution in [3.63, 3.8) is 0 Å². The molecular weight excluding hydrogens is 514 g/mol. The zero-order valence-corrected chi connectivity index (χ0v) is 23.3. The number of piperidine rings is 1. The Labute approximate surface area is 236 Å². The van der Waals surface area contributed by atoms with E-state index in [1.165, 1.54) is 5.69 Å². The minimum atomic E-state index is 0.0368. The molecule has 5 rings (SSSR count). The van der Waals surface area contributed by atoms with Gasteiger partial charge in [0.2, 0.25) is 11.8 Å². The molecule has 0 aliphatic carbocycles. The minimum absolute atomic E-state index is 0.0368. The number of hydrogen-bond donors (Lipinski definition) is 3. The van der Waals surface area contributed by atoms with Gasteiger partial charge in [-0.15, -0.1) is 0 Å². The van der Waals surface area contributed by atoms with Crippen LogP contribution in [0.3, 0.4) is 0 Å². The van der Waals surface area contributed by atoms with Gasteiger partial charge in [0, 0.05) is 75.1 Å². The summed E-state index contributed by atoms with van der Waals surface area (Å²) in [6.07, 6.45) is 3.11. The molecule has 0 spiro atoms. The highest BCUT2D eigenvalue weighted by Crippen LogP contribution is 2.31. The fraction of sp³-hybridized carbons (Fsp3) is 0.533. The molecule has 3 N–H and O–H groups in total. The highest BCUT2D eigenvalue weighted by Gasteiger charge is 2.32. The van der Waals surface area contributed by atoms with Gasteiger partial charge < -0.3 is 30.5 Å². The zero-order chi connectivity index (χ0) is 27.0. The van der Waals surface area contributed by atoms with E-state index in [1.807, 2.05) is 29.2 Å². The van der Waals surface area contributed by atoms with Gasteiger partial charge in [-0.2, -0.15) is 0 Å². The molecule has 0 aromatic heterocycles. The number of nitrogens with zero attached hydrogens (tertiary/aromatic N) is 2. The molecule has 2 aromatic rings. The van der Waals surface area contributed by atoms with Crippen molar-refractivity contribution >= 4 is 29.1 Å². The van der Waals surface area contributed by atoms with Crippen LogP contribution in [0, 0.1) is 11.8 Å². The molecule has 3 aliphatic heterocycles. The molecule has 2 aromatic carbocycles. The van der Waals surface area contributed by atoms with Crippen molar-refractivity contribution in [2.45, 2.75) is 38.8 Å². The van der Waals surface area contributed by atoms with E-state index in [9.17, 15) is 9.59 Å². The van der Waals surface area contributed by atoms with E-state index in [0.717, 1.165) is 62.3 Å². The van der Waals surface area contributed by atoms with Crippen molar-refractivity contribution in [1.82, 2.24) is 20.9 Å². The number of halogens is 1. The number of carbonyl (C=O) groups is 2. The number of carbonyl (C=O) groups excluding carboxylic acids is 2. The standard InChI is InChI=1S/C30H40ClN5O3/c31-27-6-2-1-4-23(27)19-34-29(37)17-22-9-12-36-21-24(22)5-3-15-39-28-8-7-26(35-13-10-32-11-14-35)16-25(28)18-33-20-30(36)38/h1-2,4,6-8,16,22,24,32-33H,3,5,9-15,17-21H2,(H,34,37)/t22-,24-/m0/s1. The van der Waals surface area contributed by atoms with Crippen LogP contribution in [-0.4, -0.2) is 69.1 Å². The van der Waals surface area contributed by atoms with Crippen LogP contribution < -0.4 is 25.6 Å². The van der Waals surface area contributed by atoms with E-state index >= 15 is 0 Å². The number of benzene rings is 2. The Morgan fingerprint density at radius 1 is 1.03 bits per heavy atom. The Morgan fingerprint density at radius 2 is 1.87 bits per heavy atom. The Morgan fingerprint density at radius 3 is 2.72 bits per heavy atom. The summed E-state index contributed by atoms with van der Waals surface area (Å²) in [6, 6.07) is 14.0. The maximum Gasteiger partial charge on any atom is 0.236 e. The number of fused-ring (bicyclic) bond motifs is 3. The molecular formula is C30H40ClN5O3. The molecule has 0 radical (unpaired) electrons. The number of rotatable bonds is 5. The lowest BCUT2D eigenvalue weighted by atomic mass is 9.80. The molecule has 3 heterocycles. The summed E-state index contributed by atoms with van der Waals surface area (Å²) < 4.78 is 6.26. The molecule has 3 aliphatic rings. The topological polar surface area (TPSA) is 85.9 Å². The zero-order valence-electron chi connectivity index (χ0n) is 22.6. The molecule has 0 saturated carbocycles. The van der Waals surface area contributed by atoms with E-state index in [1.54, 1.807) is 0 Å². The molecule has 210 valence electrons. The van der Waals surface area contributed by atoms with E-state index < -0.39 is 0 Å². The maximum atomic E-state index is 13.1. The Bertz CT molecular complexity index is 1140. The molecule has 0 unspecified atom stereocenters. The lowest BCUT2D eigenvalue weighted by Gasteiger charge is -2.38. The van der Waals surface area contributed by atoms with Crippen LogP contribution in [0.2, 0.25) is 5.02 Å². The highest BCUT2D eigenvalue weighted by molar-refractivity contribution is 6.31. The fourth-order valence-corrected chi connectivity index (χ4v) is 6.16. The second-order valence-corrected chi connectivity index (χ2v) is 11.3. The van der Waals surface area contributed by atoms with Gasteiger partial charge >= 0.3 is 0 Å². The van der Waals surface area contributed by atoms with Gasteiger partial charge in [-0.1, -0.05) is 29.8 Å². The first kappa shape index (κ1) is 27.7. The van der Waals surface area contributed by atoms with E-state index in [4.69, 9.17) is 16.3 Å². The number of nitrogens with one attached hydrogen (secondary N) is 3. The van der Waals surface area contributed by atoms with E-state index in [2.05, 4.69) is 39.0 Å². The molecule has 2 atom stereocenters. The van der Waals surface area contributed by atoms with Crippen LogP contribution in [0.25, 0.3) is 0 Å². The Balaban J connectivity index is 1.21. The van der Waals surface area contributed by atoms with Gasteiger partial charge in [-0.25, -0.2) is 0 Å². The van der Waals surface area contributed by atoms with Crippen molar-refractivity contribution in [3.8, 4) is 5.75 Å². The van der Waals surface area contributed by atoms with Gasteiger partial charge in [0.05, 0.1) is 13.2 Å². The SMILES string of the molecule is O=C(C[C@@H]1CCN2C[C@@H]1CCCOc1ccc(N3CCNCC3)cc1CNCC2=O)NCc1ccccc1Cl. The Hall–Kier alpha value is -2.81. The average molecular weight is 554 g/mol. The number of amides is 2. The monoisotopic (exact) mass is 553 g/mol. The van der Waals surface area contributed by atoms with Crippen molar-refractivity contribution in [2.75, 3.05) is 57.3 Å². The van der Waals surface area contributed by atoms with E-state index in [-0.39, 0.29) is 23.7 Å². The minimum Gasteiger partial charge on any atom is -0.493 e. The van der Waals surface area contributed by atoms with Crippen molar-refractivity contribution < 1.29 is 14.3 Å². The summed E-state index contributed by atoms with van der Waals surface area (Å²) in [4.78, 5) is 30.3. The normalized spacial score (nSPS) is 22.5. The third-order valence-electron chi connectivity index (χ3n) is 8.22. The first-order valence-corrected chi connectivity index (χ1v) is 14.6. The third-order valence-corrected chi connectivity index (χ3v) is 8.59. The van der Waals surface area contributed by atoms with Crippen LogP contribution >= 0.6 is 11.6 Å². The number of anilines is 1. The Kier molecular flexibility index (Phi) is 9.61. The first-order valence-electron chi connectivity index (χ1n) is 14.3. The first-order chi connectivity index (χ1) is 19.1. The van der Waals surface area contributed by atoms with Gasteiger partial charge in [0.15, 0.2) is 0 Å². The average Bonchev–Trinajstić information content (AvgIpc) is 2.97. The molecule has 2 bridgehead atoms. The summed E-state index contributed by atoms with van der Waals surface area (Å²) in [6.45, 7) is 7.28. The maximum absolute atomic E-state index is 13.1. The van der Waals surface area contributed by atoms with Crippen LogP contribution in [0.4, 0.5) is 5.69 Å². The lowest BCUT2D eigenvalue weighted by molar-refractivity contribution is -0.133. The molecule has 2 fully saturated rings. The second kappa shape index (κ2) is 13.5. The summed E-state index contributed by atoms with van der Waals surface area (Å²) in [5.41, 5.74) is 3.20. The molecule has 2 amide bonds. The van der Waals surface area contributed by atoms with Gasteiger partial charge in [0.25, 0.3) is 0 Å². The predicted molar refractivity (Wildman–Crippen MR) is 154 cm³/mol. The fourth-order valence-electron chi connectivity index (χ4n) is 5.96. The van der Waals surface area contributed by atoms with E-state index in [0.29, 0.717) is 50.8 Å². The van der Waals surface area contributed by atoms with Gasteiger partial charge in [0.1, 0.15) is 5.75 Å². The van der Waals surface area contributed by atoms with Crippen molar-refractivity contribution in [2.24, 2.45) is 11.8 Å². The third kappa shape index (κ3) is 7.44. The summed E-state index contributed by atoms with van der Waals surface area (Å²) in [5, 5.41) is 10.5. The molecule has 39 heavy (non-hydrogen) atoms. The molecule has 9 heteroatoms. The van der Waals surface area contributed by atoms with Crippen LogP contribution in [0.15, 0.2) is 42.5 Å². The molecule has 2 saturated heterocycles. The molecule has 8 nitrogen and oxygen atoms in total. The van der Waals surface area contributed by atoms with Crippen LogP contribution in [-0.2, 0) is 22.7 Å². The quantitative estimate of drug-likeness (QED) is 0.527.